The molecule has 0 N–H and O–H groups in total. The first-order valence-corrected chi connectivity index (χ1v) is 5.29. The van der Waals surface area contributed by atoms with Crippen molar-refractivity contribution in [2.24, 2.45) is 7.05 Å². The van der Waals surface area contributed by atoms with Gasteiger partial charge in [0.25, 0.3) is 5.88 Å². The van der Waals surface area contributed by atoms with E-state index in [-0.39, 0.29) is 5.82 Å². The highest BCUT2D eigenvalue weighted by atomic mass is 19.1. The topological polar surface area (TPSA) is 52.8 Å². The van der Waals surface area contributed by atoms with E-state index in [1.165, 1.54) is 30.6 Å². The van der Waals surface area contributed by atoms with Gasteiger partial charge in [0.05, 0.1) is 6.33 Å². The van der Waals surface area contributed by atoms with Gasteiger partial charge in [-0.1, -0.05) is 0 Å². The summed E-state index contributed by atoms with van der Waals surface area (Å²) in [5.74, 6) is 0.544. The molecule has 3 aromatic rings. The number of rotatable bonds is 2. The maximum atomic E-state index is 12.8. The van der Waals surface area contributed by atoms with Gasteiger partial charge in [0.1, 0.15) is 17.9 Å². The van der Waals surface area contributed by atoms with Crippen molar-refractivity contribution < 1.29 is 9.13 Å². The monoisotopic (exact) mass is 244 g/mol. The van der Waals surface area contributed by atoms with Gasteiger partial charge in [-0.2, -0.15) is 4.98 Å². The maximum Gasteiger partial charge on any atom is 0.250 e. The van der Waals surface area contributed by atoms with Crippen LogP contribution in [0.3, 0.4) is 0 Å². The summed E-state index contributed by atoms with van der Waals surface area (Å²) >= 11 is 0. The SMILES string of the molecule is Cn1cnc2c(Oc3ccc(F)cc3)ncnc21. The molecule has 1 aromatic carbocycles. The highest BCUT2D eigenvalue weighted by Gasteiger charge is 2.10. The second kappa shape index (κ2) is 4.06. The van der Waals surface area contributed by atoms with E-state index in [2.05, 4.69) is 15.0 Å². The third-order valence-corrected chi connectivity index (χ3v) is 2.49. The Morgan fingerprint density at radius 2 is 1.89 bits per heavy atom. The van der Waals surface area contributed by atoms with Gasteiger partial charge in [0, 0.05) is 7.05 Å². The number of aromatic nitrogens is 4. The third-order valence-electron chi connectivity index (χ3n) is 2.49. The quantitative estimate of drug-likeness (QED) is 0.694. The molecule has 3 rings (SSSR count). The average Bonchev–Trinajstić information content (AvgIpc) is 2.76. The van der Waals surface area contributed by atoms with Gasteiger partial charge < -0.3 is 9.30 Å². The number of imidazole rings is 1. The lowest BCUT2D eigenvalue weighted by Gasteiger charge is -2.04. The number of aryl methyl sites for hydroxylation is 1. The number of halogens is 1. The molecule has 0 aliphatic heterocycles. The van der Waals surface area contributed by atoms with Gasteiger partial charge in [-0.3, -0.25) is 0 Å². The normalized spacial score (nSPS) is 10.8. The lowest BCUT2D eigenvalue weighted by molar-refractivity contribution is 0.465. The van der Waals surface area contributed by atoms with Crippen LogP contribution in [0.25, 0.3) is 11.2 Å². The van der Waals surface area contributed by atoms with Crippen LogP contribution in [-0.2, 0) is 7.05 Å². The maximum absolute atomic E-state index is 12.8. The van der Waals surface area contributed by atoms with Crippen molar-refractivity contribution in [3.8, 4) is 11.6 Å². The highest BCUT2D eigenvalue weighted by molar-refractivity contribution is 5.76. The summed E-state index contributed by atoms with van der Waals surface area (Å²) in [6.07, 6.45) is 3.04. The van der Waals surface area contributed by atoms with Crippen LogP contribution in [0.15, 0.2) is 36.9 Å². The molecule has 18 heavy (non-hydrogen) atoms. The van der Waals surface area contributed by atoms with E-state index in [0.29, 0.717) is 22.8 Å². The Kier molecular flexibility index (Phi) is 2.40. The summed E-state index contributed by atoms with van der Waals surface area (Å²) in [6, 6.07) is 5.72. The molecule has 5 nitrogen and oxygen atoms in total. The zero-order valence-electron chi connectivity index (χ0n) is 9.54. The van der Waals surface area contributed by atoms with Crippen molar-refractivity contribution in [3.63, 3.8) is 0 Å². The Morgan fingerprint density at radius 1 is 1.11 bits per heavy atom. The fraction of sp³-hybridized carbons (Fsp3) is 0.0833. The summed E-state index contributed by atoms with van der Waals surface area (Å²) in [5.41, 5.74) is 1.26. The molecule has 0 fully saturated rings. The molecule has 0 saturated heterocycles. The van der Waals surface area contributed by atoms with Crippen LogP contribution < -0.4 is 4.74 Å². The van der Waals surface area contributed by atoms with Gasteiger partial charge in [-0.25, -0.2) is 14.4 Å². The molecule has 2 heterocycles. The zero-order chi connectivity index (χ0) is 12.5. The molecule has 0 aliphatic carbocycles. The second-order valence-corrected chi connectivity index (χ2v) is 3.76. The van der Waals surface area contributed by atoms with E-state index < -0.39 is 0 Å². The molecule has 0 amide bonds. The van der Waals surface area contributed by atoms with Crippen LogP contribution >= 0.6 is 0 Å². The molecular weight excluding hydrogens is 235 g/mol. The number of ether oxygens (including phenoxy) is 1. The van der Waals surface area contributed by atoms with Gasteiger partial charge >= 0.3 is 0 Å². The van der Waals surface area contributed by atoms with Crippen LogP contribution in [0.1, 0.15) is 0 Å². The number of hydrogen-bond donors (Lipinski definition) is 0. The van der Waals surface area contributed by atoms with Crippen LogP contribution in [0, 0.1) is 5.82 Å². The smallest absolute Gasteiger partial charge is 0.250 e. The minimum atomic E-state index is -0.312. The lowest BCUT2D eigenvalue weighted by Crippen LogP contribution is -1.93. The first-order chi connectivity index (χ1) is 8.74. The van der Waals surface area contributed by atoms with Crippen molar-refractivity contribution >= 4 is 11.2 Å². The van der Waals surface area contributed by atoms with Crippen molar-refractivity contribution in [2.75, 3.05) is 0 Å². The van der Waals surface area contributed by atoms with Gasteiger partial charge in [-0.05, 0) is 24.3 Å². The van der Waals surface area contributed by atoms with Gasteiger partial charge in [0.15, 0.2) is 11.2 Å². The third kappa shape index (κ3) is 1.77. The predicted octanol–water partition coefficient (Wildman–Crippen LogP) is 2.29. The Morgan fingerprint density at radius 3 is 2.67 bits per heavy atom. The number of benzene rings is 1. The Balaban J connectivity index is 2.02. The number of nitrogens with zero attached hydrogens (tertiary/aromatic N) is 4. The minimum Gasteiger partial charge on any atom is -0.437 e. The lowest BCUT2D eigenvalue weighted by atomic mass is 10.3. The van der Waals surface area contributed by atoms with Crippen molar-refractivity contribution in [2.45, 2.75) is 0 Å². The van der Waals surface area contributed by atoms with E-state index in [1.807, 2.05) is 7.05 Å². The molecule has 0 bridgehead atoms. The standard InChI is InChI=1S/C12H9FN4O/c1-17-7-16-10-11(17)14-6-15-12(10)18-9-4-2-8(13)3-5-9/h2-7H,1H3. The van der Waals surface area contributed by atoms with Gasteiger partial charge in [-0.15, -0.1) is 0 Å². The molecule has 2 aromatic heterocycles. The molecule has 0 atom stereocenters. The minimum absolute atomic E-state index is 0.312. The van der Waals surface area contributed by atoms with Crippen molar-refractivity contribution in [3.05, 3.63) is 42.7 Å². The van der Waals surface area contributed by atoms with E-state index in [4.69, 9.17) is 4.74 Å². The van der Waals surface area contributed by atoms with E-state index in [0.717, 1.165) is 0 Å². The molecule has 0 spiro atoms. The highest BCUT2D eigenvalue weighted by Crippen LogP contribution is 2.24. The molecule has 0 aliphatic rings. The van der Waals surface area contributed by atoms with E-state index in [9.17, 15) is 4.39 Å². The molecule has 0 unspecified atom stereocenters. The van der Waals surface area contributed by atoms with Crippen LogP contribution in [0.2, 0.25) is 0 Å². The molecular formula is C12H9FN4O. The molecule has 0 saturated carbocycles. The Labute approximate surface area is 102 Å². The molecule has 0 radical (unpaired) electrons. The van der Waals surface area contributed by atoms with Crippen LogP contribution in [0.4, 0.5) is 4.39 Å². The fourth-order valence-electron chi connectivity index (χ4n) is 1.61. The zero-order valence-corrected chi connectivity index (χ0v) is 9.54. The van der Waals surface area contributed by atoms with Crippen LogP contribution in [0.5, 0.6) is 11.6 Å². The summed E-state index contributed by atoms with van der Waals surface area (Å²) in [6.45, 7) is 0. The predicted molar refractivity (Wildman–Crippen MR) is 62.8 cm³/mol. The Bertz CT molecular complexity index is 693. The van der Waals surface area contributed by atoms with Crippen LogP contribution in [-0.4, -0.2) is 19.5 Å². The van der Waals surface area contributed by atoms with E-state index >= 15 is 0 Å². The van der Waals surface area contributed by atoms with Gasteiger partial charge in [0.2, 0.25) is 0 Å². The Hall–Kier alpha value is -2.50. The second-order valence-electron chi connectivity index (χ2n) is 3.76. The summed E-state index contributed by atoms with van der Waals surface area (Å²) in [7, 11) is 1.84. The molecule has 6 heteroatoms. The summed E-state index contributed by atoms with van der Waals surface area (Å²) in [4.78, 5) is 12.3. The first-order valence-electron chi connectivity index (χ1n) is 5.29. The largest absolute Gasteiger partial charge is 0.437 e. The summed E-state index contributed by atoms with van der Waals surface area (Å²) < 4.78 is 20.1. The molecule has 90 valence electrons. The fourth-order valence-corrected chi connectivity index (χ4v) is 1.61. The van der Waals surface area contributed by atoms with E-state index in [1.54, 1.807) is 10.9 Å². The van der Waals surface area contributed by atoms with Crippen molar-refractivity contribution in [1.82, 2.24) is 19.5 Å². The number of hydrogen-bond acceptors (Lipinski definition) is 4. The summed E-state index contributed by atoms with van der Waals surface area (Å²) in [5, 5.41) is 0. The average molecular weight is 244 g/mol. The first kappa shape index (κ1) is 10.6. The number of fused-ring (bicyclic) bond motifs is 1. The van der Waals surface area contributed by atoms with Crippen molar-refractivity contribution in [1.29, 1.82) is 0 Å².